The van der Waals surface area contributed by atoms with Crippen LogP contribution in [0.3, 0.4) is 0 Å². The molecule has 0 spiro atoms. The van der Waals surface area contributed by atoms with Crippen molar-refractivity contribution in [2.45, 2.75) is 51.1 Å². The van der Waals surface area contributed by atoms with Crippen molar-refractivity contribution in [1.82, 2.24) is 19.7 Å². The van der Waals surface area contributed by atoms with Crippen molar-refractivity contribution in [3.63, 3.8) is 0 Å². The second kappa shape index (κ2) is 11.2. The van der Waals surface area contributed by atoms with Crippen molar-refractivity contribution >= 4 is 33.3 Å². The van der Waals surface area contributed by atoms with Gasteiger partial charge in [-0.05, 0) is 80.1 Å². The van der Waals surface area contributed by atoms with Gasteiger partial charge in [0, 0.05) is 5.56 Å². The third kappa shape index (κ3) is 7.08. The van der Waals surface area contributed by atoms with E-state index in [-0.39, 0.29) is 55.7 Å². The van der Waals surface area contributed by atoms with Gasteiger partial charge in [0.05, 0.1) is 26.9 Å². The molecule has 1 aromatic heterocycles. The lowest BCUT2D eigenvalue weighted by Crippen LogP contribution is -2.37. The van der Waals surface area contributed by atoms with Crippen LogP contribution in [0, 0.1) is 11.3 Å². The average molecular weight is 599 g/mol. The number of sulfone groups is 1. The summed E-state index contributed by atoms with van der Waals surface area (Å²) in [5, 5.41) is 3.60. The summed E-state index contributed by atoms with van der Waals surface area (Å²) in [7, 11) is -3.62. The molecule has 1 aliphatic rings. The Kier molecular flexibility index (Phi) is 8.45. The molecule has 2 heterocycles. The van der Waals surface area contributed by atoms with Gasteiger partial charge in [-0.25, -0.2) is 8.42 Å². The van der Waals surface area contributed by atoms with Crippen LogP contribution in [0.1, 0.15) is 45.6 Å². The molecule has 1 saturated heterocycles. The molecule has 13 heteroatoms. The topological polar surface area (TPSA) is 120 Å². The Morgan fingerprint density at radius 1 is 1.05 bits per heavy atom. The quantitative estimate of drug-likeness (QED) is 0.358. The SMILES string of the molecule is CC(C)(C)CCN1CCC(CS(=O)(=O)c2ccc(-c3c(Cl)cc(-n4nc(N)nc4N)cc3C(F)(F)F)cc2)CC1. The van der Waals surface area contributed by atoms with Gasteiger partial charge in [0.15, 0.2) is 9.84 Å². The Morgan fingerprint density at radius 2 is 1.68 bits per heavy atom. The van der Waals surface area contributed by atoms with Crippen molar-refractivity contribution in [2.24, 2.45) is 11.3 Å². The number of rotatable bonds is 7. The van der Waals surface area contributed by atoms with Gasteiger partial charge in [0.2, 0.25) is 11.9 Å². The van der Waals surface area contributed by atoms with E-state index >= 15 is 0 Å². The van der Waals surface area contributed by atoms with Crippen LogP contribution in [0.5, 0.6) is 0 Å². The largest absolute Gasteiger partial charge is 0.417 e. The fourth-order valence-corrected chi connectivity index (χ4v) is 6.89. The number of aromatic nitrogens is 3. The van der Waals surface area contributed by atoms with E-state index in [0.717, 1.165) is 49.6 Å². The summed E-state index contributed by atoms with van der Waals surface area (Å²) in [6, 6.07) is 7.49. The molecular weight excluding hydrogens is 565 g/mol. The van der Waals surface area contributed by atoms with Gasteiger partial charge in [-0.15, -0.1) is 5.10 Å². The van der Waals surface area contributed by atoms with Crippen molar-refractivity contribution < 1.29 is 21.6 Å². The van der Waals surface area contributed by atoms with E-state index < -0.39 is 21.6 Å². The number of likely N-dealkylation sites (tertiary alicyclic amines) is 1. The highest BCUT2D eigenvalue weighted by Crippen LogP contribution is 2.43. The summed E-state index contributed by atoms with van der Waals surface area (Å²) in [6.07, 6.45) is -2.11. The van der Waals surface area contributed by atoms with Gasteiger partial charge in [-0.3, -0.25) is 0 Å². The Morgan fingerprint density at radius 3 is 2.20 bits per heavy atom. The first-order chi connectivity index (χ1) is 18.5. The van der Waals surface area contributed by atoms with E-state index in [1.807, 2.05) is 0 Å². The normalized spacial score (nSPS) is 16.0. The van der Waals surface area contributed by atoms with E-state index in [2.05, 4.69) is 35.8 Å². The number of benzene rings is 2. The fourth-order valence-electron chi connectivity index (χ4n) is 4.87. The summed E-state index contributed by atoms with van der Waals surface area (Å²) in [5.74, 6) is -0.355. The van der Waals surface area contributed by atoms with Crippen LogP contribution in [-0.2, 0) is 16.0 Å². The van der Waals surface area contributed by atoms with Gasteiger partial charge in [-0.2, -0.15) is 22.8 Å². The Balaban J connectivity index is 1.53. The zero-order chi connectivity index (χ0) is 29.5. The minimum absolute atomic E-state index is 0.00513. The lowest BCUT2D eigenvalue weighted by Gasteiger charge is -2.33. The number of nitrogens with two attached hydrogens (primary N) is 2. The number of nitrogens with zero attached hydrogens (tertiary/aromatic N) is 4. The molecule has 4 rings (SSSR count). The molecule has 8 nitrogen and oxygen atoms in total. The van der Waals surface area contributed by atoms with Crippen LogP contribution in [0.15, 0.2) is 41.3 Å². The number of anilines is 2. The second-order valence-electron chi connectivity index (χ2n) is 11.5. The highest BCUT2D eigenvalue weighted by atomic mass is 35.5. The number of hydrogen-bond donors (Lipinski definition) is 2. The van der Waals surface area contributed by atoms with Crippen LogP contribution >= 0.6 is 11.6 Å². The molecule has 2 aromatic carbocycles. The third-order valence-electron chi connectivity index (χ3n) is 7.12. The summed E-state index contributed by atoms with van der Waals surface area (Å²) in [4.78, 5) is 6.15. The summed E-state index contributed by atoms with van der Waals surface area (Å²) >= 11 is 6.35. The lowest BCUT2D eigenvalue weighted by molar-refractivity contribution is -0.137. The summed E-state index contributed by atoms with van der Waals surface area (Å²) < 4.78 is 69.6. The standard InChI is InChI=1S/C27H34ClF3N6O2S/c1-26(2,3)10-13-36-11-8-17(9-12-36)16-40(38,39)20-6-4-18(5-7-20)23-21(27(29,30)31)14-19(15-22(23)28)37-25(33)34-24(32)35-37/h4-7,14-15,17H,8-13,16H2,1-3H3,(H4,32,33,34,35). The van der Waals surface area contributed by atoms with Gasteiger partial charge < -0.3 is 16.4 Å². The number of nitrogen functional groups attached to an aromatic ring is 2. The Labute approximate surface area is 237 Å². The third-order valence-corrected chi connectivity index (χ3v) is 9.31. The molecule has 0 saturated carbocycles. The molecule has 0 bridgehead atoms. The zero-order valence-corrected chi connectivity index (χ0v) is 24.2. The van der Waals surface area contributed by atoms with Gasteiger partial charge >= 0.3 is 6.18 Å². The van der Waals surface area contributed by atoms with E-state index in [9.17, 15) is 21.6 Å². The van der Waals surface area contributed by atoms with E-state index in [4.69, 9.17) is 23.1 Å². The molecule has 218 valence electrons. The molecular formula is C27H34ClF3N6O2S. The fraction of sp³-hybridized carbons (Fsp3) is 0.481. The van der Waals surface area contributed by atoms with Gasteiger partial charge in [0.25, 0.3) is 0 Å². The van der Waals surface area contributed by atoms with Crippen molar-refractivity contribution in [3.05, 3.63) is 47.0 Å². The smallest absolute Gasteiger partial charge is 0.368 e. The van der Waals surface area contributed by atoms with Crippen molar-refractivity contribution in [1.29, 1.82) is 0 Å². The number of alkyl halides is 3. The predicted octanol–water partition coefficient (Wildman–Crippen LogP) is 5.69. The molecule has 0 unspecified atom stereocenters. The number of piperidine rings is 1. The molecule has 0 aliphatic carbocycles. The number of halogens is 4. The molecule has 1 aliphatic heterocycles. The minimum Gasteiger partial charge on any atom is -0.368 e. The van der Waals surface area contributed by atoms with Crippen molar-refractivity contribution in [2.75, 3.05) is 36.9 Å². The molecule has 3 aromatic rings. The minimum atomic E-state index is -4.78. The molecule has 0 amide bonds. The maximum absolute atomic E-state index is 14.1. The Bertz CT molecular complexity index is 1460. The number of hydrogen-bond acceptors (Lipinski definition) is 7. The van der Waals surface area contributed by atoms with Crippen LogP contribution in [-0.4, -0.2) is 53.5 Å². The molecule has 1 fully saturated rings. The van der Waals surface area contributed by atoms with E-state index in [0.29, 0.717) is 0 Å². The highest BCUT2D eigenvalue weighted by Gasteiger charge is 2.36. The first-order valence-electron chi connectivity index (χ1n) is 13.0. The van der Waals surface area contributed by atoms with Crippen LogP contribution in [0.4, 0.5) is 25.1 Å². The monoisotopic (exact) mass is 598 g/mol. The summed E-state index contributed by atoms with van der Waals surface area (Å²) in [5.41, 5.74) is 10.2. The van der Waals surface area contributed by atoms with Crippen LogP contribution < -0.4 is 11.5 Å². The van der Waals surface area contributed by atoms with Gasteiger partial charge in [-0.1, -0.05) is 44.5 Å². The second-order valence-corrected chi connectivity index (χ2v) is 13.9. The van der Waals surface area contributed by atoms with Crippen LogP contribution in [0.25, 0.3) is 16.8 Å². The highest BCUT2D eigenvalue weighted by molar-refractivity contribution is 7.91. The first-order valence-corrected chi connectivity index (χ1v) is 15.0. The zero-order valence-electron chi connectivity index (χ0n) is 22.7. The summed E-state index contributed by atoms with van der Waals surface area (Å²) in [6.45, 7) is 9.32. The molecule has 4 N–H and O–H groups in total. The maximum Gasteiger partial charge on any atom is 0.417 e. The van der Waals surface area contributed by atoms with Crippen molar-refractivity contribution in [3.8, 4) is 16.8 Å². The van der Waals surface area contributed by atoms with E-state index in [1.54, 1.807) is 0 Å². The molecule has 40 heavy (non-hydrogen) atoms. The Hall–Kier alpha value is -2.83. The lowest BCUT2D eigenvalue weighted by atomic mass is 9.91. The van der Waals surface area contributed by atoms with Gasteiger partial charge in [0.1, 0.15) is 0 Å². The van der Waals surface area contributed by atoms with Crippen LogP contribution in [0.2, 0.25) is 5.02 Å². The predicted molar refractivity (Wildman–Crippen MR) is 151 cm³/mol. The average Bonchev–Trinajstić information content (AvgIpc) is 3.19. The maximum atomic E-state index is 14.1. The molecule has 0 atom stereocenters. The molecule has 0 radical (unpaired) electrons. The first kappa shape index (κ1) is 30.1. The van der Waals surface area contributed by atoms with E-state index in [1.165, 1.54) is 30.3 Å².